The molecule has 0 aliphatic rings. The topological polar surface area (TPSA) is 80.5 Å². The van der Waals surface area contributed by atoms with E-state index in [1.54, 1.807) is 6.92 Å². The maximum Gasteiger partial charge on any atom is 0.289 e. The van der Waals surface area contributed by atoms with Gasteiger partial charge in [-0.25, -0.2) is 8.42 Å². The molecule has 2 rings (SSSR count). The van der Waals surface area contributed by atoms with E-state index >= 15 is 0 Å². The quantitative estimate of drug-likeness (QED) is 0.486. The summed E-state index contributed by atoms with van der Waals surface area (Å²) in [6, 6.07) is 12.8. The molecule has 0 heterocycles. The minimum atomic E-state index is -4.05. The largest absolute Gasteiger partial charge is 0.289 e. The number of benzene rings is 2. The molecule has 1 atom stereocenters. The number of nitro groups is 1. The molecule has 0 amide bonds. The van der Waals surface area contributed by atoms with Gasteiger partial charge in [0.15, 0.2) is 4.90 Å². The predicted molar refractivity (Wildman–Crippen MR) is 99.7 cm³/mol. The fourth-order valence-electron chi connectivity index (χ4n) is 2.42. The van der Waals surface area contributed by atoms with Gasteiger partial charge >= 0.3 is 0 Å². The van der Waals surface area contributed by atoms with Crippen molar-refractivity contribution in [1.82, 2.24) is 4.31 Å². The third-order valence-electron chi connectivity index (χ3n) is 3.97. The van der Waals surface area contributed by atoms with Crippen molar-refractivity contribution in [1.29, 1.82) is 0 Å². The van der Waals surface area contributed by atoms with E-state index in [1.807, 2.05) is 37.3 Å². The zero-order chi connectivity index (χ0) is 18.6. The number of halogens is 1. The molecule has 2 aromatic carbocycles. The lowest BCUT2D eigenvalue weighted by Crippen LogP contribution is -2.38. The Morgan fingerprint density at radius 3 is 2.40 bits per heavy atom. The van der Waals surface area contributed by atoms with Gasteiger partial charge in [0, 0.05) is 23.1 Å². The van der Waals surface area contributed by atoms with Crippen molar-refractivity contribution < 1.29 is 13.3 Å². The van der Waals surface area contributed by atoms with Gasteiger partial charge < -0.3 is 0 Å². The molecule has 134 valence electrons. The van der Waals surface area contributed by atoms with Crippen LogP contribution in [0.15, 0.2) is 57.9 Å². The van der Waals surface area contributed by atoms with Gasteiger partial charge in [0.25, 0.3) is 5.69 Å². The molecule has 25 heavy (non-hydrogen) atoms. The van der Waals surface area contributed by atoms with Gasteiger partial charge in [0.1, 0.15) is 0 Å². The number of nitro benzene ring substituents is 1. The van der Waals surface area contributed by atoms with Crippen LogP contribution >= 0.6 is 15.9 Å². The van der Waals surface area contributed by atoms with Crippen LogP contribution in [0.5, 0.6) is 0 Å². The van der Waals surface area contributed by atoms with Crippen LogP contribution in [0.2, 0.25) is 0 Å². The van der Waals surface area contributed by atoms with Crippen molar-refractivity contribution in [3.05, 3.63) is 68.7 Å². The highest BCUT2D eigenvalue weighted by atomic mass is 79.9. The third-order valence-corrected chi connectivity index (χ3v) is 6.45. The minimum absolute atomic E-state index is 0.155. The van der Waals surface area contributed by atoms with E-state index < -0.39 is 20.6 Å². The Morgan fingerprint density at radius 1 is 1.20 bits per heavy atom. The van der Waals surface area contributed by atoms with Crippen molar-refractivity contribution in [2.75, 3.05) is 0 Å². The summed E-state index contributed by atoms with van der Waals surface area (Å²) in [6.45, 7) is 3.83. The molecule has 6 nitrogen and oxygen atoms in total. The van der Waals surface area contributed by atoms with Crippen molar-refractivity contribution in [3.63, 3.8) is 0 Å². The lowest BCUT2D eigenvalue weighted by Gasteiger charge is -2.27. The molecular formula is C17H19BrN2O4S. The molecule has 0 fully saturated rings. The number of rotatable bonds is 7. The highest BCUT2D eigenvalue weighted by Crippen LogP contribution is 2.31. The summed E-state index contributed by atoms with van der Waals surface area (Å²) < 4.78 is 28.2. The minimum Gasteiger partial charge on any atom is -0.258 e. The summed E-state index contributed by atoms with van der Waals surface area (Å²) >= 11 is 3.20. The van der Waals surface area contributed by atoms with Gasteiger partial charge in [0.05, 0.1) is 4.92 Å². The van der Waals surface area contributed by atoms with E-state index in [1.165, 1.54) is 22.5 Å². The van der Waals surface area contributed by atoms with Crippen LogP contribution in [0.25, 0.3) is 0 Å². The fraction of sp³-hybridized carbons (Fsp3) is 0.294. The van der Waals surface area contributed by atoms with Crippen LogP contribution in [0, 0.1) is 10.1 Å². The predicted octanol–water partition coefficient (Wildman–Crippen LogP) is 4.35. The number of sulfonamides is 1. The summed E-state index contributed by atoms with van der Waals surface area (Å²) in [5.41, 5.74) is 0.397. The Morgan fingerprint density at radius 2 is 1.84 bits per heavy atom. The first-order valence-electron chi connectivity index (χ1n) is 7.77. The molecule has 0 aromatic heterocycles. The van der Waals surface area contributed by atoms with Gasteiger partial charge in [-0.3, -0.25) is 10.1 Å². The standard InChI is InChI=1S/C17H19BrN2O4S/c1-3-13(2)19(12-14-7-5-4-6-8-14)25(23,24)17-11-15(18)9-10-16(17)20(21)22/h4-11,13H,3,12H2,1-2H3. The average Bonchev–Trinajstić information content (AvgIpc) is 2.59. The van der Waals surface area contributed by atoms with Gasteiger partial charge in [-0.2, -0.15) is 4.31 Å². The first-order chi connectivity index (χ1) is 11.8. The molecule has 0 aliphatic carbocycles. The van der Waals surface area contributed by atoms with Crippen LogP contribution in [0.4, 0.5) is 5.69 Å². The molecule has 8 heteroatoms. The van der Waals surface area contributed by atoms with Gasteiger partial charge in [0.2, 0.25) is 10.0 Å². The number of hydrogen-bond acceptors (Lipinski definition) is 4. The Labute approximate surface area is 155 Å². The van der Waals surface area contributed by atoms with Crippen LogP contribution in [-0.2, 0) is 16.6 Å². The van der Waals surface area contributed by atoms with E-state index in [0.717, 1.165) is 5.56 Å². The second kappa shape index (κ2) is 8.07. The van der Waals surface area contributed by atoms with E-state index in [9.17, 15) is 18.5 Å². The second-order valence-corrected chi connectivity index (χ2v) is 8.44. The zero-order valence-corrected chi connectivity index (χ0v) is 16.3. The van der Waals surface area contributed by atoms with Gasteiger partial charge in [-0.05, 0) is 31.0 Å². The van der Waals surface area contributed by atoms with Crippen molar-refractivity contribution in [2.24, 2.45) is 0 Å². The maximum atomic E-state index is 13.2. The summed E-state index contributed by atoms with van der Waals surface area (Å²) in [5, 5.41) is 11.3. The molecule has 0 radical (unpaired) electrons. The SMILES string of the molecule is CCC(C)N(Cc1ccccc1)S(=O)(=O)c1cc(Br)ccc1[N+](=O)[O-]. The van der Waals surface area contributed by atoms with Crippen LogP contribution in [-0.4, -0.2) is 23.7 Å². The zero-order valence-electron chi connectivity index (χ0n) is 13.9. The lowest BCUT2D eigenvalue weighted by molar-refractivity contribution is -0.387. The second-order valence-electron chi connectivity index (χ2n) is 5.66. The number of hydrogen-bond donors (Lipinski definition) is 0. The molecule has 0 aliphatic heterocycles. The van der Waals surface area contributed by atoms with Gasteiger partial charge in [-0.15, -0.1) is 0 Å². The monoisotopic (exact) mass is 426 g/mol. The molecular weight excluding hydrogens is 408 g/mol. The first kappa shape index (κ1) is 19.6. The smallest absolute Gasteiger partial charge is 0.258 e. The van der Waals surface area contributed by atoms with Crippen LogP contribution in [0.1, 0.15) is 25.8 Å². The fourth-order valence-corrected chi connectivity index (χ4v) is 4.81. The Bertz CT molecular complexity index is 856. The molecule has 0 saturated heterocycles. The Hall–Kier alpha value is -1.77. The first-order valence-corrected chi connectivity index (χ1v) is 10.0. The molecule has 0 bridgehead atoms. The molecule has 0 spiro atoms. The van der Waals surface area contributed by atoms with Crippen molar-refractivity contribution in [2.45, 2.75) is 37.8 Å². The van der Waals surface area contributed by atoms with Crippen LogP contribution in [0.3, 0.4) is 0 Å². The summed E-state index contributed by atoms with van der Waals surface area (Å²) in [6.07, 6.45) is 0.591. The van der Waals surface area contributed by atoms with Crippen molar-refractivity contribution in [3.8, 4) is 0 Å². The average molecular weight is 427 g/mol. The Balaban J connectivity index is 2.56. The summed E-state index contributed by atoms with van der Waals surface area (Å²) in [7, 11) is -4.05. The van der Waals surface area contributed by atoms with E-state index in [4.69, 9.17) is 0 Å². The Kier molecular flexibility index (Phi) is 6.31. The van der Waals surface area contributed by atoms with E-state index in [0.29, 0.717) is 10.9 Å². The highest BCUT2D eigenvalue weighted by molar-refractivity contribution is 9.10. The third kappa shape index (κ3) is 4.45. The summed E-state index contributed by atoms with van der Waals surface area (Å²) in [5.74, 6) is 0. The highest BCUT2D eigenvalue weighted by Gasteiger charge is 2.34. The maximum absolute atomic E-state index is 13.2. The van der Waals surface area contributed by atoms with Gasteiger partial charge in [-0.1, -0.05) is 53.2 Å². The summed E-state index contributed by atoms with van der Waals surface area (Å²) in [4.78, 5) is 10.3. The molecule has 0 saturated carbocycles. The molecule has 1 unspecified atom stereocenters. The van der Waals surface area contributed by atoms with Crippen LogP contribution < -0.4 is 0 Å². The normalized spacial score (nSPS) is 13.0. The lowest BCUT2D eigenvalue weighted by atomic mass is 10.2. The van der Waals surface area contributed by atoms with Crippen molar-refractivity contribution >= 4 is 31.6 Å². The number of nitrogens with zero attached hydrogens (tertiary/aromatic N) is 2. The van der Waals surface area contributed by atoms with E-state index in [2.05, 4.69) is 15.9 Å². The molecule has 0 N–H and O–H groups in total. The molecule has 2 aromatic rings. The van der Waals surface area contributed by atoms with E-state index in [-0.39, 0.29) is 17.5 Å².